The molecule has 3 aromatic rings. The van der Waals surface area contributed by atoms with E-state index in [-0.39, 0.29) is 11.8 Å². The van der Waals surface area contributed by atoms with Crippen LogP contribution in [0.1, 0.15) is 66.2 Å². The standard InChI is InChI=1S/C33H39N3O4/c1-4-35(24-13-8-7-9-14-24)19-12-18-34-32(37)30-25-15-10-11-16-26(25)33(38)36-20-17-23-21-28(39-5-2)29(40-6-3)22-27(23)31(30)36/h7-11,13-16,21-22,30-31H,4-6,12,17-20H2,1-3H3,(H,34,37)/t30-,31-/m1/s1. The summed E-state index contributed by atoms with van der Waals surface area (Å²) in [6.07, 6.45) is 1.52. The van der Waals surface area contributed by atoms with E-state index in [1.165, 1.54) is 5.69 Å². The van der Waals surface area contributed by atoms with Crippen LogP contribution in [-0.2, 0) is 11.2 Å². The van der Waals surface area contributed by atoms with Gasteiger partial charge in [-0.2, -0.15) is 0 Å². The summed E-state index contributed by atoms with van der Waals surface area (Å²) in [6, 6.07) is 21.5. The fraction of sp³-hybridized carbons (Fsp3) is 0.394. The topological polar surface area (TPSA) is 71.1 Å². The van der Waals surface area contributed by atoms with Gasteiger partial charge in [0, 0.05) is 37.4 Å². The first-order valence-electron chi connectivity index (χ1n) is 14.5. The molecule has 7 heteroatoms. The average Bonchev–Trinajstić information content (AvgIpc) is 2.98. The van der Waals surface area contributed by atoms with Crippen LogP contribution in [0.5, 0.6) is 11.5 Å². The predicted octanol–water partition coefficient (Wildman–Crippen LogP) is 5.35. The molecule has 0 aromatic heterocycles. The van der Waals surface area contributed by atoms with Crippen LogP contribution in [0.15, 0.2) is 66.7 Å². The number of anilines is 1. The molecule has 0 bridgehead atoms. The van der Waals surface area contributed by atoms with Crippen molar-refractivity contribution in [1.29, 1.82) is 0 Å². The molecule has 3 aromatic carbocycles. The Balaban J connectivity index is 1.42. The van der Waals surface area contributed by atoms with Crippen LogP contribution in [0.25, 0.3) is 0 Å². The van der Waals surface area contributed by atoms with E-state index in [1.807, 2.05) is 73.3 Å². The fourth-order valence-electron chi connectivity index (χ4n) is 6.05. The normalized spacial score (nSPS) is 17.4. The molecule has 210 valence electrons. The Labute approximate surface area is 237 Å². The SMILES string of the molecule is CCOc1cc2c(cc1OCC)[C@@H]1[C@H](C(=O)NCCCN(CC)c3ccccc3)c3ccccc3C(=O)N1CC2. The molecule has 0 saturated carbocycles. The maximum atomic E-state index is 14.0. The number of ether oxygens (including phenoxy) is 2. The molecule has 0 saturated heterocycles. The summed E-state index contributed by atoms with van der Waals surface area (Å²) in [4.78, 5) is 31.8. The van der Waals surface area contributed by atoms with Crippen molar-refractivity contribution in [2.45, 2.75) is 45.6 Å². The summed E-state index contributed by atoms with van der Waals surface area (Å²) in [5, 5.41) is 3.21. The van der Waals surface area contributed by atoms with E-state index in [2.05, 4.69) is 29.3 Å². The predicted molar refractivity (Wildman–Crippen MR) is 157 cm³/mol. The van der Waals surface area contributed by atoms with Crippen LogP contribution < -0.4 is 19.7 Å². The number of hydrogen-bond donors (Lipinski definition) is 1. The molecule has 2 heterocycles. The minimum atomic E-state index is -0.517. The van der Waals surface area contributed by atoms with Gasteiger partial charge in [0.05, 0.1) is 25.2 Å². The summed E-state index contributed by atoms with van der Waals surface area (Å²) >= 11 is 0. The van der Waals surface area contributed by atoms with Gasteiger partial charge in [-0.1, -0.05) is 36.4 Å². The van der Waals surface area contributed by atoms with Crippen molar-refractivity contribution in [2.75, 3.05) is 44.3 Å². The van der Waals surface area contributed by atoms with Gasteiger partial charge in [0.2, 0.25) is 5.91 Å². The van der Waals surface area contributed by atoms with Crippen LogP contribution in [0.3, 0.4) is 0 Å². The Morgan fingerprint density at radius 1 is 0.950 bits per heavy atom. The molecule has 2 aliphatic rings. The number of fused-ring (bicyclic) bond motifs is 4. The van der Waals surface area contributed by atoms with Crippen LogP contribution in [0.4, 0.5) is 5.69 Å². The second-order valence-corrected chi connectivity index (χ2v) is 10.2. The van der Waals surface area contributed by atoms with Gasteiger partial charge in [-0.3, -0.25) is 9.59 Å². The second-order valence-electron chi connectivity index (χ2n) is 10.2. The fourth-order valence-corrected chi connectivity index (χ4v) is 6.05. The molecule has 2 amide bonds. The summed E-state index contributed by atoms with van der Waals surface area (Å²) in [5.74, 6) is 0.757. The zero-order chi connectivity index (χ0) is 28.1. The molecule has 7 nitrogen and oxygen atoms in total. The number of rotatable bonds is 11. The number of nitrogens with one attached hydrogen (secondary N) is 1. The smallest absolute Gasteiger partial charge is 0.254 e. The average molecular weight is 542 g/mol. The molecular formula is C33H39N3O4. The highest BCUT2D eigenvalue weighted by molar-refractivity contribution is 6.01. The van der Waals surface area contributed by atoms with E-state index in [0.29, 0.717) is 49.8 Å². The molecule has 0 unspecified atom stereocenters. The first-order valence-corrected chi connectivity index (χ1v) is 14.5. The molecule has 2 aliphatic heterocycles. The van der Waals surface area contributed by atoms with Crippen LogP contribution in [0.2, 0.25) is 0 Å². The summed E-state index contributed by atoms with van der Waals surface area (Å²) in [5.41, 5.74) is 4.63. The summed E-state index contributed by atoms with van der Waals surface area (Å²) in [7, 11) is 0. The molecule has 0 aliphatic carbocycles. The Bertz CT molecular complexity index is 1340. The van der Waals surface area contributed by atoms with E-state index >= 15 is 0 Å². The van der Waals surface area contributed by atoms with E-state index in [0.717, 1.165) is 36.2 Å². The molecule has 40 heavy (non-hydrogen) atoms. The Morgan fingerprint density at radius 2 is 1.65 bits per heavy atom. The monoisotopic (exact) mass is 541 g/mol. The van der Waals surface area contributed by atoms with Crippen molar-refractivity contribution in [1.82, 2.24) is 10.2 Å². The number of para-hydroxylation sites is 1. The molecule has 2 atom stereocenters. The number of nitrogens with zero attached hydrogens (tertiary/aromatic N) is 2. The number of amides is 2. The van der Waals surface area contributed by atoms with Gasteiger partial charge >= 0.3 is 0 Å². The van der Waals surface area contributed by atoms with Crippen LogP contribution in [-0.4, -0.2) is 56.1 Å². The third kappa shape index (κ3) is 5.37. The first kappa shape index (κ1) is 27.6. The molecule has 0 spiro atoms. The summed E-state index contributed by atoms with van der Waals surface area (Å²) in [6.45, 7) is 9.92. The number of carbonyl (C=O) groups is 2. The van der Waals surface area contributed by atoms with Crippen molar-refractivity contribution in [3.05, 3.63) is 89.0 Å². The van der Waals surface area contributed by atoms with Crippen molar-refractivity contribution in [3.63, 3.8) is 0 Å². The lowest BCUT2D eigenvalue weighted by atomic mass is 9.75. The van der Waals surface area contributed by atoms with E-state index in [4.69, 9.17) is 9.47 Å². The maximum Gasteiger partial charge on any atom is 0.254 e. The molecule has 1 N–H and O–H groups in total. The second kappa shape index (κ2) is 12.5. The zero-order valence-corrected chi connectivity index (χ0v) is 23.7. The van der Waals surface area contributed by atoms with Crippen LogP contribution in [0, 0.1) is 0 Å². The minimum Gasteiger partial charge on any atom is -0.490 e. The van der Waals surface area contributed by atoms with Crippen LogP contribution >= 0.6 is 0 Å². The number of hydrogen-bond acceptors (Lipinski definition) is 5. The van der Waals surface area contributed by atoms with Crippen molar-refractivity contribution < 1.29 is 19.1 Å². The van der Waals surface area contributed by atoms with Gasteiger partial charge in [-0.25, -0.2) is 0 Å². The van der Waals surface area contributed by atoms with E-state index in [9.17, 15) is 9.59 Å². The Kier molecular flexibility index (Phi) is 8.58. The van der Waals surface area contributed by atoms with Gasteiger partial charge in [0.25, 0.3) is 5.91 Å². The van der Waals surface area contributed by atoms with Crippen molar-refractivity contribution >= 4 is 17.5 Å². The third-order valence-corrected chi connectivity index (χ3v) is 7.87. The third-order valence-electron chi connectivity index (χ3n) is 7.87. The molecule has 0 radical (unpaired) electrons. The summed E-state index contributed by atoms with van der Waals surface area (Å²) < 4.78 is 11.8. The molecular weight excluding hydrogens is 502 g/mol. The van der Waals surface area contributed by atoms with E-state index in [1.54, 1.807) is 0 Å². The molecule has 0 fully saturated rings. The number of carbonyl (C=O) groups excluding carboxylic acids is 2. The lowest BCUT2D eigenvalue weighted by molar-refractivity contribution is -0.124. The quantitative estimate of drug-likeness (QED) is 0.331. The van der Waals surface area contributed by atoms with E-state index < -0.39 is 12.0 Å². The van der Waals surface area contributed by atoms with Crippen molar-refractivity contribution in [2.24, 2.45) is 0 Å². The lowest BCUT2D eigenvalue weighted by Crippen LogP contribution is -2.50. The van der Waals surface area contributed by atoms with Gasteiger partial charge in [-0.15, -0.1) is 0 Å². The zero-order valence-electron chi connectivity index (χ0n) is 23.7. The van der Waals surface area contributed by atoms with Crippen molar-refractivity contribution in [3.8, 4) is 11.5 Å². The highest BCUT2D eigenvalue weighted by Gasteiger charge is 2.46. The maximum absolute atomic E-state index is 14.0. The lowest BCUT2D eigenvalue weighted by Gasteiger charge is -2.45. The highest BCUT2D eigenvalue weighted by Crippen LogP contribution is 2.48. The number of benzene rings is 3. The molecule has 5 rings (SSSR count). The van der Waals surface area contributed by atoms with Gasteiger partial charge in [0.15, 0.2) is 11.5 Å². The Hall–Kier alpha value is -4.00. The largest absolute Gasteiger partial charge is 0.490 e. The van der Waals surface area contributed by atoms with Gasteiger partial charge in [-0.05, 0) is 80.6 Å². The Morgan fingerprint density at radius 3 is 2.38 bits per heavy atom. The first-order chi connectivity index (χ1) is 19.6. The highest BCUT2D eigenvalue weighted by atomic mass is 16.5. The minimum absolute atomic E-state index is 0.0245. The van der Waals surface area contributed by atoms with Gasteiger partial charge in [0.1, 0.15) is 0 Å². The van der Waals surface area contributed by atoms with Gasteiger partial charge < -0.3 is 24.6 Å².